The van der Waals surface area contributed by atoms with Crippen molar-refractivity contribution in [1.82, 2.24) is 19.5 Å². The Bertz CT molecular complexity index is 1570. The van der Waals surface area contributed by atoms with Gasteiger partial charge in [-0.05, 0) is 36.9 Å². The number of rotatable bonds is 9. The predicted molar refractivity (Wildman–Crippen MR) is 140 cm³/mol. The van der Waals surface area contributed by atoms with Gasteiger partial charge in [-0.2, -0.15) is 18.3 Å². The lowest BCUT2D eigenvalue weighted by atomic mass is 10.0. The van der Waals surface area contributed by atoms with Crippen LogP contribution in [-0.4, -0.2) is 52.3 Å². The highest BCUT2D eigenvalue weighted by molar-refractivity contribution is 6.00. The van der Waals surface area contributed by atoms with Gasteiger partial charge in [-0.15, -0.1) is 0 Å². The quantitative estimate of drug-likeness (QED) is 0.225. The molecule has 4 rings (SSSR count). The Kier molecular flexibility index (Phi) is 8.68. The number of alkyl halides is 3. The van der Waals surface area contributed by atoms with E-state index in [2.05, 4.69) is 15.0 Å². The average Bonchev–Trinajstić information content (AvgIpc) is 3.28. The molecule has 0 radical (unpaired) electrons. The first kappa shape index (κ1) is 29.6. The Morgan fingerprint density at radius 1 is 1.05 bits per heavy atom. The first-order valence-electron chi connectivity index (χ1n) is 12.2. The number of carbonyl (C=O) groups excluding carboxylic acids is 1. The molecule has 0 aliphatic heterocycles. The minimum atomic E-state index is -5.00. The normalized spacial score (nSPS) is 11.8. The molecule has 0 bridgehead atoms. The highest BCUT2D eigenvalue weighted by Crippen LogP contribution is 2.35. The standard InChI is InChI=1S/C26H25F6N7O2/c1-3-38(6-7-41-2)12-15-9-17(23-24(33)34-13-35-39(15)23)16-10-21(29)22(11-20(16)28)37-25(40)36-14-4-5-19(27)18(8-14)26(30,31)32/h4-5,8-11,13H,3,6-7,12H2,1-2H3,(H2,33,34,35)(H2,36,37,40). The Morgan fingerprint density at radius 2 is 1.80 bits per heavy atom. The summed E-state index contributed by atoms with van der Waals surface area (Å²) in [5, 5.41) is 8.31. The van der Waals surface area contributed by atoms with E-state index < -0.39 is 46.6 Å². The van der Waals surface area contributed by atoms with Gasteiger partial charge in [0, 0.05) is 43.1 Å². The number of hydrogen-bond acceptors (Lipinski definition) is 6. The van der Waals surface area contributed by atoms with E-state index >= 15 is 8.78 Å². The monoisotopic (exact) mass is 581 g/mol. The number of anilines is 3. The van der Waals surface area contributed by atoms with Gasteiger partial charge < -0.3 is 21.1 Å². The number of halogens is 6. The number of ether oxygens (including phenoxy) is 1. The van der Waals surface area contributed by atoms with Gasteiger partial charge in [0.05, 0.1) is 23.6 Å². The SMILES string of the molecule is CCN(CCOC)Cc1cc(-c2cc(F)c(NC(=O)Nc3ccc(F)c(C(F)(F)F)c3)cc2F)c2c(N)ncnn12. The first-order valence-corrected chi connectivity index (χ1v) is 12.2. The minimum Gasteiger partial charge on any atom is -0.383 e. The van der Waals surface area contributed by atoms with E-state index in [1.165, 1.54) is 10.8 Å². The van der Waals surface area contributed by atoms with Crippen LogP contribution in [0, 0.1) is 17.5 Å². The molecular weight excluding hydrogens is 556 g/mol. The third-order valence-electron chi connectivity index (χ3n) is 6.23. The number of urea groups is 1. The molecule has 0 unspecified atom stereocenters. The van der Waals surface area contributed by atoms with E-state index in [9.17, 15) is 22.4 Å². The number of likely N-dealkylation sites (N-methyl/N-ethyl adjacent to an activating group) is 1. The van der Waals surface area contributed by atoms with Crippen LogP contribution in [0.1, 0.15) is 18.2 Å². The molecule has 0 saturated heterocycles. The van der Waals surface area contributed by atoms with Gasteiger partial charge in [0.2, 0.25) is 0 Å². The van der Waals surface area contributed by atoms with E-state index in [1.807, 2.05) is 17.6 Å². The first-order chi connectivity index (χ1) is 19.4. The molecular formula is C26H25F6N7O2. The van der Waals surface area contributed by atoms with Crippen LogP contribution in [0.5, 0.6) is 0 Å². The lowest BCUT2D eigenvalue weighted by Crippen LogP contribution is -2.27. The van der Waals surface area contributed by atoms with E-state index in [-0.39, 0.29) is 22.5 Å². The number of fused-ring (bicyclic) bond motifs is 1. The van der Waals surface area contributed by atoms with Crippen molar-refractivity contribution in [3.05, 3.63) is 71.4 Å². The molecule has 0 aliphatic carbocycles. The Balaban J connectivity index is 1.62. The van der Waals surface area contributed by atoms with Crippen molar-refractivity contribution in [2.24, 2.45) is 0 Å². The Morgan fingerprint density at radius 3 is 2.49 bits per heavy atom. The van der Waals surface area contributed by atoms with E-state index in [0.717, 1.165) is 18.2 Å². The lowest BCUT2D eigenvalue weighted by Gasteiger charge is -2.19. The second-order valence-electron chi connectivity index (χ2n) is 8.90. The van der Waals surface area contributed by atoms with E-state index in [4.69, 9.17) is 10.5 Å². The topological polar surface area (TPSA) is 110 Å². The summed E-state index contributed by atoms with van der Waals surface area (Å²) in [6.07, 6.45) is -3.76. The third kappa shape index (κ3) is 6.52. The van der Waals surface area contributed by atoms with Crippen molar-refractivity contribution in [2.45, 2.75) is 19.6 Å². The summed E-state index contributed by atoms with van der Waals surface area (Å²) < 4.78 is 89.5. The van der Waals surface area contributed by atoms with Crippen molar-refractivity contribution >= 4 is 28.7 Å². The van der Waals surface area contributed by atoms with Crippen molar-refractivity contribution in [1.29, 1.82) is 0 Å². The summed E-state index contributed by atoms with van der Waals surface area (Å²) in [5.74, 6) is -3.48. The summed E-state index contributed by atoms with van der Waals surface area (Å²) in [5.41, 5.74) is 4.37. The van der Waals surface area contributed by atoms with Crippen LogP contribution in [0.25, 0.3) is 16.6 Å². The van der Waals surface area contributed by atoms with Crippen LogP contribution in [-0.2, 0) is 17.5 Å². The number of benzene rings is 2. The maximum absolute atomic E-state index is 15.4. The van der Waals surface area contributed by atoms with Crippen molar-refractivity contribution in [2.75, 3.05) is 43.2 Å². The zero-order chi connectivity index (χ0) is 29.9. The number of amides is 2. The summed E-state index contributed by atoms with van der Waals surface area (Å²) in [7, 11) is 1.58. The molecule has 9 nitrogen and oxygen atoms in total. The lowest BCUT2D eigenvalue weighted by molar-refractivity contribution is -0.139. The van der Waals surface area contributed by atoms with Crippen LogP contribution in [0.15, 0.2) is 42.7 Å². The molecule has 2 aromatic carbocycles. The van der Waals surface area contributed by atoms with E-state index in [1.54, 1.807) is 13.2 Å². The average molecular weight is 582 g/mol. The molecule has 0 fully saturated rings. The van der Waals surface area contributed by atoms with Crippen LogP contribution in [0.3, 0.4) is 0 Å². The number of methoxy groups -OCH3 is 1. The van der Waals surface area contributed by atoms with Gasteiger partial charge >= 0.3 is 12.2 Å². The summed E-state index contributed by atoms with van der Waals surface area (Å²) in [4.78, 5) is 18.4. The van der Waals surface area contributed by atoms with Gasteiger partial charge in [-0.25, -0.2) is 27.5 Å². The van der Waals surface area contributed by atoms with Gasteiger partial charge in [0.25, 0.3) is 0 Å². The molecule has 0 saturated carbocycles. The molecule has 4 N–H and O–H groups in total. The fraction of sp³-hybridized carbons (Fsp3) is 0.269. The minimum absolute atomic E-state index is 0.0279. The highest BCUT2D eigenvalue weighted by Gasteiger charge is 2.34. The molecule has 0 atom stereocenters. The molecule has 4 aromatic rings. The Hall–Kier alpha value is -4.37. The van der Waals surface area contributed by atoms with Gasteiger partial charge in [-0.1, -0.05) is 6.92 Å². The fourth-order valence-electron chi connectivity index (χ4n) is 4.20. The van der Waals surface area contributed by atoms with E-state index in [0.29, 0.717) is 44.1 Å². The number of aromatic nitrogens is 3. The van der Waals surface area contributed by atoms with Gasteiger partial charge in [-0.3, -0.25) is 4.90 Å². The van der Waals surface area contributed by atoms with Gasteiger partial charge in [0.1, 0.15) is 29.3 Å². The number of nitrogens with two attached hydrogens (primary N) is 1. The molecule has 15 heteroatoms. The third-order valence-corrected chi connectivity index (χ3v) is 6.23. The smallest absolute Gasteiger partial charge is 0.383 e. The number of nitrogens with zero attached hydrogens (tertiary/aromatic N) is 4. The zero-order valence-corrected chi connectivity index (χ0v) is 21.8. The van der Waals surface area contributed by atoms with Crippen LogP contribution in [0.2, 0.25) is 0 Å². The summed E-state index contributed by atoms with van der Waals surface area (Å²) in [6.45, 7) is 4.11. The number of hydrogen-bond donors (Lipinski definition) is 3. The van der Waals surface area contributed by atoms with Crippen molar-refractivity contribution in [3.63, 3.8) is 0 Å². The van der Waals surface area contributed by atoms with Crippen LogP contribution < -0.4 is 16.4 Å². The summed E-state index contributed by atoms with van der Waals surface area (Å²) in [6, 6.07) is 3.79. The predicted octanol–water partition coefficient (Wildman–Crippen LogP) is 5.53. The van der Waals surface area contributed by atoms with Crippen LogP contribution in [0.4, 0.5) is 48.3 Å². The number of nitrogens with one attached hydrogen (secondary N) is 2. The highest BCUT2D eigenvalue weighted by atomic mass is 19.4. The Labute approximate surface area is 229 Å². The van der Waals surface area contributed by atoms with Crippen molar-refractivity contribution in [3.8, 4) is 11.1 Å². The molecule has 0 spiro atoms. The van der Waals surface area contributed by atoms with Crippen molar-refractivity contribution < 1.29 is 35.9 Å². The molecule has 2 amide bonds. The largest absolute Gasteiger partial charge is 0.419 e. The maximum Gasteiger partial charge on any atom is 0.419 e. The zero-order valence-electron chi connectivity index (χ0n) is 21.8. The fourth-order valence-corrected chi connectivity index (χ4v) is 4.20. The second kappa shape index (κ2) is 12.0. The number of carbonyl (C=O) groups is 1. The molecule has 0 aliphatic rings. The maximum atomic E-state index is 15.4. The molecule has 218 valence electrons. The van der Waals surface area contributed by atoms with Crippen LogP contribution >= 0.6 is 0 Å². The summed E-state index contributed by atoms with van der Waals surface area (Å²) >= 11 is 0. The number of nitrogen functional groups attached to an aromatic ring is 1. The second-order valence-corrected chi connectivity index (χ2v) is 8.90. The molecule has 2 heterocycles. The van der Waals surface area contributed by atoms with Gasteiger partial charge in [0.15, 0.2) is 5.82 Å². The molecule has 41 heavy (non-hydrogen) atoms. The molecule has 2 aromatic heterocycles.